The van der Waals surface area contributed by atoms with Gasteiger partial charge in [0.15, 0.2) is 0 Å². The van der Waals surface area contributed by atoms with Crippen molar-refractivity contribution in [2.45, 2.75) is 52.0 Å². The SMILES string of the molecule is CCC(N)(CC)C(=O)NCC(C)CN1CCCC1. The van der Waals surface area contributed by atoms with Crippen molar-refractivity contribution in [3.05, 3.63) is 0 Å². The Labute approximate surface area is 111 Å². The van der Waals surface area contributed by atoms with Crippen molar-refractivity contribution < 1.29 is 4.79 Å². The van der Waals surface area contributed by atoms with Crippen LogP contribution in [0.15, 0.2) is 0 Å². The first-order chi connectivity index (χ1) is 8.51. The minimum Gasteiger partial charge on any atom is -0.354 e. The van der Waals surface area contributed by atoms with Crippen LogP contribution in [0.4, 0.5) is 0 Å². The van der Waals surface area contributed by atoms with Gasteiger partial charge in [-0.1, -0.05) is 20.8 Å². The van der Waals surface area contributed by atoms with Gasteiger partial charge in [0.1, 0.15) is 0 Å². The number of carbonyl (C=O) groups is 1. The van der Waals surface area contributed by atoms with Crippen molar-refractivity contribution in [3.63, 3.8) is 0 Å². The van der Waals surface area contributed by atoms with E-state index in [0.29, 0.717) is 18.8 Å². The summed E-state index contributed by atoms with van der Waals surface area (Å²) >= 11 is 0. The summed E-state index contributed by atoms with van der Waals surface area (Å²) in [6.07, 6.45) is 4.01. The van der Waals surface area contributed by atoms with E-state index in [-0.39, 0.29) is 5.91 Å². The van der Waals surface area contributed by atoms with Gasteiger partial charge < -0.3 is 16.0 Å². The molecular weight excluding hydrogens is 226 g/mol. The predicted octanol–water partition coefficient (Wildman–Crippen LogP) is 1.35. The number of rotatable bonds is 7. The van der Waals surface area contributed by atoms with E-state index in [9.17, 15) is 4.79 Å². The number of hydrogen-bond donors (Lipinski definition) is 2. The van der Waals surface area contributed by atoms with Crippen molar-refractivity contribution in [1.82, 2.24) is 10.2 Å². The average Bonchev–Trinajstić information content (AvgIpc) is 2.87. The Kier molecular flexibility index (Phi) is 6.09. The highest BCUT2D eigenvalue weighted by atomic mass is 16.2. The maximum Gasteiger partial charge on any atom is 0.240 e. The molecule has 0 spiro atoms. The zero-order chi connectivity index (χ0) is 13.6. The molecule has 4 nitrogen and oxygen atoms in total. The number of amides is 1. The zero-order valence-corrected chi connectivity index (χ0v) is 12.2. The lowest BCUT2D eigenvalue weighted by atomic mass is 9.93. The fourth-order valence-electron chi connectivity index (χ4n) is 2.48. The molecule has 1 rings (SSSR count). The summed E-state index contributed by atoms with van der Waals surface area (Å²) in [4.78, 5) is 14.5. The van der Waals surface area contributed by atoms with Gasteiger partial charge >= 0.3 is 0 Å². The summed E-state index contributed by atoms with van der Waals surface area (Å²) in [7, 11) is 0. The molecule has 0 aromatic rings. The Morgan fingerprint density at radius 2 is 1.89 bits per heavy atom. The molecule has 18 heavy (non-hydrogen) atoms. The lowest BCUT2D eigenvalue weighted by molar-refractivity contribution is -0.126. The number of nitrogens with one attached hydrogen (secondary N) is 1. The molecule has 0 aromatic heterocycles. The first-order valence-electron chi connectivity index (χ1n) is 7.31. The van der Waals surface area contributed by atoms with Crippen LogP contribution in [0.3, 0.4) is 0 Å². The molecule has 3 N–H and O–H groups in total. The molecule has 0 saturated carbocycles. The monoisotopic (exact) mass is 255 g/mol. The summed E-state index contributed by atoms with van der Waals surface area (Å²) in [5, 5.41) is 3.01. The zero-order valence-electron chi connectivity index (χ0n) is 12.2. The maximum absolute atomic E-state index is 12.0. The Bertz CT molecular complexity index is 258. The lowest BCUT2D eigenvalue weighted by Crippen LogP contribution is -2.54. The standard InChI is InChI=1S/C14H29N3O/c1-4-14(15,5-2)13(18)16-10-12(3)11-17-8-6-7-9-17/h12H,4-11,15H2,1-3H3,(H,16,18). The topological polar surface area (TPSA) is 58.4 Å². The van der Waals surface area contributed by atoms with Gasteiger partial charge in [0.25, 0.3) is 0 Å². The van der Waals surface area contributed by atoms with Crippen LogP contribution in [0.1, 0.15) is 46.5 Å². The third-order valence-corrected chi connectivity index (χ3v) is 4.09. The van der Waals surface area contributed by atoms with Gasteiger partial charge in [-0.2, -0.15) is 0 Å². The lowest BCUT2D eigenvalue weighted by Gasteiger charge is -2.27. The van der Waals surface area contributed by atoms with Gasteiger partial charge in [-0.15, -0.1) is 0 Å². The molecule has 0 bridgehead atoms. The first kappa shape index (κ1) is 15.4. The maximum atomic E-state index is 12.0. The van der Waals surface area contributed by atoms with Crippen LogP contribution in [0.5, 0.6) is 0 Å². The second kappa shape index (κ2) is 7.10. The van der Waals surface area contributed by atoms with Gasteiger partial charge in [0, 0.05) is 13.1 Å². The Morgan fingerprint density at radius 3 is 2.39 bits per heavy atom. The fourth-order valence-corrected chi connectivity index (χ4v) is 2.48. The number of likely N-dealkylation sites (tertiary alicyclic amines) is 1. The largest absolute Gasteiger partial charge is 0.354 e. The average molecular weight is 255 g/mol. The van der Waals surface area contributed by atoms with Crippen LogP contribution in [0.2, 0.25) is 0 Å². The summed E-state index contributed by atoms with van der Waals surface area (Å²) in [6, 6.07) is 0. The molecule has 1 amide bonds. The minimum atomic E-state index is -0.687. The number of nitrogens with zero attached hydrogens (tertiary/aromatic N) is 1. The highest BCUT2D eigenvalue weighted by Crippen LogP contribution is 2.12. The van der Waals surface area contributed by atoms with Crippen molar-refractivity contribution >= 4 is 5.91 Å². The number of hydrogen-bond acceptors (Lipinski definition) is 3. The molecule has 1 aliphatic rings. The Morgan fingerprint density at radius 1 is 1.33 bits per heavy atom. The van der Waals surface area contributed by atoms with Crippen molar-refractivity contribution in [2.24, 2.45) is 11.7 Å². The number of carbonyl (C=O) groups excluding carboxylic acids is 1. The molecule has 0 radical (unpaired) electrons. The Balaban J connectivity index is 2.28. The molecule has 106 valence electrons. The summed E-state index contributed by atoms with van der Waals surface area (Å²) in [5.74, 6) is 0.491. The van der Waals surface area contributed by atoms with Crippen LogP contribution in [-0.2, 0) is 4.79 Å². The summed E-state index contributed by atoms with van der Waals surface area (Å²) in [5.41, 5.74) is 5.38. The smallest absolute Gasteiger partial charge is 0.240 e. The van der Waals surface area contributed by atoms with Crippen LogP contribution in [0, 0.1) is 5.92 Å². The fraction of sp³-hybridized carbons (Fsp3) is 0.929. The van der Waals surface area contributed by atoms with Gasteiger partial charge in [0.05, 0.1) is 5.54 Å². The van der Waals surface area contributed by atoms with Crippen LogP contribution >= 0.6 is 0 Å². The van der Waals surface area contributed by atoms with Gasteiger partial charge in [0.2, 0.25) is 5.91 Å². The molecule has 1 heterocycles. The Hall–Kier alpha value is -0.610. The predicted molar refractivity (Wildman–Crippen MR) is 75.3 cm³/mol. The van der Waals surface area contributed by atoms with E-state index < -0.39 is 5.54 Å². The van der Waals surface area contributed by atoms with E-state index in [0.717, 1.165) is 13.1 Å². The van der Waals surface area contributed by atoms with Crippen molar-refractivity contribution in [1.29, 1.82) is 0 Å². The molecule has 1 fully saturated rings. The normalized spacial score (nSPS) is 18.9. The molecule has 1 saturated heterocycles. The number of nitrogens with two attached hydrogens (primary N) is 1. The van der Waals surface area contributed by atoms with E-state index >= 15 is 0 Å². The second-order valence-corrected chi connectivity index (χ2v) is 5.69. The second-order valence-electron chi connectivity index (χ2n) is 5.69. The summed E-state index contributed by atoms with van der Waals surface area (Å²) in [6.45, 7) is 10.4. The van der Waals surface area contributed by atoms with E-state index in [1.165, 1.54) is 25.9 Å². The van der Waals surface area contributed by atoms with E-state index in [1.807, 2.05) is 13.8 Å². The summed E-state index contributed by atoms with van der Waals surface area (Å²) < 4.78 is 0. The van der Waals surface area contributed by atoms with Crippen molar-refractivity contribution in [2.75, 3.05) is 26.2 Å². The quantitative estimate of drug-likeness (QED) is 0.722. The van der Waals surface area contributed by atoms with Gasteiger partial charge in [-0.3, -0.25) is 4.79 Å². The van der Waals surface area contributed by atoms with E-state index in [2.05, 4.69) is 17.1 Å². The highest BCUT2D eigenvalue weighted by Gasteiger charge is 2.29. The third-order valence-electron chi connectivity index (χ3n) is 4.09. The molecule has 1 atom stereocenters. The van der Waals surface area contributed by atoms with Crippen LogP contribution < -0.4 is 11.1 Å². The molecule has 4 heteroatoms. The van der Waals surface area contributed by atoms with Gasteiger partial charge in [-0.25, -0.2) is 0 Å². The minimum absolute atomic E-state index is 0.000715. The third kappa shape index (κ3) is 4.25. The van der Waals surface area contributed by atoms with E-state index in [1.54, 1.807) is 0 Å². The molecule has 0 aliphatic carbocycles. The van der Waals surface area contributed by atoms with E-state index in [4.69, 9.17) is 5.73 Å². The molecule has 1 unspecified atom stereocenters. The molecular formula is C14H29N3O. The van der Waals surface area contributed by atoms with Crippen LogP contribution in [-0.4, -0.2) is 42.5 Å². The first-order valence-corrected chi connectivity index (χ1v) is 7.31. The highest BCUT2D eigenvalue weighted by molar-refractivity contribution is 5.85. The van der Waals surface area contributed by atoms with Crippen LogP contribution in [0.25, 0.3) is 0 Å². The van der Waals surface area contributed by atoms with Crippen molar-refractivity contribution in [3.8, 4) is 0 Å². The van der Waals surface area contributed by atoms with Gasteiger partial charge in [-0.05, 0) is 44.7 Å². The molecule has 1 aliphatic heterocycles. The molecule has 0 aromatic carbocycles.